The highest BCUT2D eigenvalue weighted by Crippen LogP contribution is 2.31. The Morgan fingerprint density at radius 3 is 2.55 bits per heavy atom. The second-order valence-corrected chi connectivity index (χ2v) is 4.68. The van der Waals surface area contributed by atoms with Crippen LogP contribution in [0.1, 0.15) is 16.1 Å². The van der Waals surface area contributed by atoms with Crippen molar-refractivity contribution in [2.24, 2.45) is 0 Å². The topological polar surface area (TPSA) is 63.1 Å². The molecule has 1 N–H and O–H groups in total. The SMILES string of the molecule is O=C(O)c1cnc(-c2cccc(Br)c2)nc1C(F)(F)F. The molecular formula is C12H6BrF3N2O2. The van der Waals surface area contributed by atoms with E-state index in [9.17, 15) is 18.0 Å². The molecule has 0 saturated heterocycles. The van der Waals surface area contributed by atoms with E-state index in [2.05, 4.69) is 25.9 Å². The lowest BCUT2D eigenvalue weighted by atomic mass is 10.2. The molecule has 2 aromatic rings. The molecule has 1 aromatic heterocycles. The molecule has 0 saturated carbocycles. The van der Waals surface area contributed by atoms with Crippen molar-refractivity contribution in [3.63, 3.8) is 0 Å². The monoisotopic (exact) mass is 346 g/mol. The van der Waals surface area contributed by atoms with Gasteiger partial charge in [-0.05, 0) is 12.1 Å². The van der Waals surface area contributed by atoms with E-state index in [1.54, 1.807) is 12.1 Å². The number of nitrogens with zero attached hydrogens (tertiary/aromatic N) is 2. The Hall–Kier alpha value is -1.96. The van der Waals surface area contributed by atoms with E-state index < -0.39 is 23.4 Å². The van der Waals surface area contributed by atoms with Crippen molar-refractivity contribution in [3.05, 3.63) is 46.2 Å². The number of aromatic nitrogens is 2. The van der Waals surface area contributed by atoms with Gasteiger partial charge in [0.1, 0.15) is 5.56 Å². The van der Waals surface area contributed by atoms with Crippen LogP contribution in [0, 0.1) is 0 Å². The number of carboxylic acids is 1. The first kappa shape index (κ1) is 14.4. The van der Waals surface area contributed by atoms with Crippen molar-refractivity contribution >= 4 is 21.9 Å². The highest BCUT2D eigenvalue weighted by Gasteiger charge is 2.38. The fraction of sp³-hybridized carbons (Fsp3) is 0.0833. The lowest BCUT2D eigenvalue weighted by Gasteiger charge is -2.10. The number of alkyl halides is 3. The molecule has 0 fully saturated rings. The number of benzene rings is 1. The molecule has 0 unspecified atom stereocenters. The first-order chi connectivity index (χ1) is 9.29. The predicted molar refractivity (Wildman–Crippen MR) is 67.1 cm³/mol. The summed E-state index contributed by atoms with van der Waals surface area (Å²) in [7, 11) is 0. The van der Waals surface area contributed by atoms with Crippen molar-refractivity contribution in [2.75, 3.05) is 0 Å². The minimum Gasteiger partial charge on any atom is -0.478 e. The number of hydrogen-bond acceptors (Lipinski definition) is 3. The Labute approximate surface area is 119 Å². The normalized spacial score (nSPS) is 11.4. The molecule has 0 aliphatic heterocycles. The molecule has 0 bridgehead atoms. The Morgan fingerprint density at radius 1 is 1.30 bits per heavy atom. The number of aromatic carboxylic acids is 1. The van der Waals surface area contributed by atoms with Gasteiger partial charge in [0.05, 0.1) is 0 Å². The molecular weight excluding hydrogens is 341 g/mol. The van der Waals surface area contributed by atoms with Gasteiger partial charge in [-0.25, -0.2) is 14.8 Å². The van der Waals surface area contributed by atoms with Gasteiger partial charge in [-0.1, -0.05) is 28.1 Å². The second-order valence-electron chi connectivity index (χ2n) is 3.77. The number of carboxylic acid groups (broad SMARTS) is 1. The van der Waals surface area contributed by atoms with Gasteiger partial charge < -0.3 is 5.11 Å². The average molecular weight is 347 g/mol. The Bertz CT molecular complexity index is 674. The van der Waals surface area contributed by atoms with Gasteiger partial charge in [0.25, 0.3) is 0 Å². The van der Waals surface area contributed by atoms with Crippen molar-refractivity contribution in [2.45, 2.75) is 6.18 Å². The molecule has 0 spiro atoms. The first-order valence-corrected chi connectivity index (χ1v) is 6.02. The van der Waals surface area contributed by atoms with E-state index in [1.807, 2.05) is 0 Å². The fourth-order valence-electron chi connectivity index (χ4n) is 1.52. The van der Waals surface area contributed by atoms with Gasteiger partial charge in [0.2, 0.25) is 0 Å². The number of rotatable bonds is 2. The maximum atomic E-state index is 12.8. The lowest BCUT2D eigenvalue weighted by molar-refractivity contribution is -0.141. The van der Waals surface area contributed by atoms with E-state index in [1.165, 1.54) is 12.1 Å². The number of halogens is 4. The molecule has 1 heterocycles. The van der Waals surface area contributed by atoms with Crippen LogP contribution in [-0.4, -0.2) is 21.0 Å². The summed E-state index contributed by atoms with van der Waals surface area (Å²) in [6.45, 7) is 0. The minimum absolute atomic E-state index is 0.191. The molecule has 104 valence electrons. The maximum Gasteiger partial charge on any atom is 0.434 e. The second kappa shape index (κ2) is 5.20. The summed E-state index contributed by atoms with van der Waals surface area (Å²) >= 11 is 3.18. The molecule has 1 aromatic carbocycles. The largest absolute Gasteiger partial charge is 0.478 e. The summed E-state index contributed by atoms with van der Waals surface area (Å²) in [5.74, 6) is -1.92. The van der Waals surface area contributed by atoms with Crippen LogP contribution in [0.4, 0.5) is 13.2 Å². The summed E-state index contributed by atoms with van der Waals surface area (Å²) in [6.07, 6.45) is -4.20. The van der Waals surface area contributed by atoms with Gasteiger partial charge >= 0.3 is 12.1 Å². The molecule has 0 aliphatic rings. The summed E-state index contributed by atoms with van der Waals surface area (Å²) in [4.78, 5) is 17.8. The highest BCUT2D eigenvalue weighted by molar-refractivity contribution is 9.10. The smallest absolute Gasteiger partial charge is 0.434 e. The first-order valence-electron chi connectivity index (χ1n) is 5.22. The molecule has 0 radical (unpaired) electrons. The molecule has 8 heteroatoms. The van der Waals surface area contributed by atoms with Crippen LogP contribution in [0.3, 0.4) is 0 Å². The third kappa shape index (κ3) is 2.96. The van der Waals surface area contributed by atoms with Crippen molar-refractivity contribution in [1.29, 1.82) is 0 Å². The van der Waals surface area contributed by atoms with Crippen molar-refractivity contribution in [1.82, 2.24) is 9.97 Å². The zero-order valence-electron chi connectivity index (χ0n) is 9.65. The van der Waals surface area contributed by atoms with Crippen molar-refractivity contribution in [3.8, 4) is 11.4 Å². The van der Waals surface area contributed by atoms with E-state index in [0.29, 0.717) is 16.2 Å². The van der Waals surface area contributed by atoms with Gasteiger partial charge in [-0.2, -0.15) is 13.2 Å². The summed E-state index contributed by atoms with van der Waals surface area (Å²) < 4.78 is 39.1. The average Bonchev–Trinajstić information content (AvgIpc) is 2.37. The standard InChI is InChI=1S/C12H6BrF3N2O2/c13-7-3-1-2-6(4-7)10-17-5-8(11(19)20)9(18-10)12(14,15)16/h1-5H,(H,19,20). The van der Waals surface area contributed by atoms with Gasteiger partial charge in [0, 0.05) is 16.2 Å². The third-order valence-corrected chi connectivity index (χ3v) is 2.86. The van der Waals surface area contributed by atoms with E-state index in [4.69, 9.17) is 5.11 Å². The van der Waals surface area contributed by atoms with Crippen LogP contribution in [0.25, 0.3) is 11.4 Å². The third-order valence-electron chi connectivity index (χ3n) is 2.37. The molecule has 0 atom stereocenters. The number of hydrogen-bond donors (Lipinski definition) is 1. The number of carbonyl (C=O) groups is 1. The molecule has 2 rings (SSSR count). The molecule has 4 nitrogen and oxygen atoms in total. The maximum absolute atomic E-state index is 12.8. The van der Waals surface area contributed by atoms with Crippen LogP contribution >= 0.6 is 15.9 Å². The molecule has 0 amide bonds. The van der Waals surface area contributed by atoms with Crippen LogP contribution < -0.4 is 0 Å². The summed E-state index contributed by atoms with van der Waals surface area (Å²) in [5.41, 5.74) is -2.09. The van der Waals surface area contributed by atoms with Gasteiger partial charge in [-0.3, -0.25) is 0 Å². The Morgan fingerprint density at radius 2 is 2.00 bits per heavy atom. The summed E-state index contributed by atoms with van der Waals surface area (Å²) in [6, 6.07) is 6.37. The zero-order chi connectivity index (χ0) is 14.9. The molecule has 20 heavy (non-hydrogen) atoms. The van der Waals surface area contributed by atoms with Crippen LogP contribution in [0.5, 0.6) is 0 Å². The molecule has 0 aliphatic carbocycles. The van der Waals surface area contributed by atoms with Gasteiger partial charge in [-0.15, -0.1) is 0 Å². The Balaban J connectivity index is 2.61. The van der Waals surface area contributed by atoms with Crippen LogP contribution in [0.2, 0.25) is 0 Å². The van der Waals surface area contributed by atoms with Crippen LogP contribution in [-0.2, 0) is 6.18 Å². The fourth-order valence-corrected chi connectivity index (χ4v) is 1.92. The van der Waals surface area contributed by atoms with E-state index in [0.717, 1.165) is 0 Å². The van der Waals surface area contributed by atoms with Gasteiger partial charge in [0.15, 0.2) is 11.5 Å². The Kier molecular flexibility index (Phi) is 3.76. The van der Waals surface area contributed by atoms with Crippen molar-refractivity contribution < 1.29 is 23.1 Å². The predicted octanol–water partition coefficient (Wildman–Crippen LogP) is 3.62. The van der Waals surface area contributed by atoms with E-state index >= 15 is 0 Å². The zero-order valence-corrected chi connectivity index (χ0v) is 11.2. The van der Waals surface area contributed by atoms with Crippen LogP contribution in [0.15, 0.2) is 34.9 Å². The quantitative estimate of drug-likeness (QED) is 0.901. The van der Waals surface area contributed by atoms with E-state index in [-0.39, 0.29) is 5.82 Å². The lowest BCUT2D eigenvalue weighted by Crippen LogP contribution is -2.16. The minimum atomic E-state index is -4.86. The summed E-state index contributed by atoms with van der Waals surface area (Å²) in [5, 5.41) is 8.75. The highest BCUT2D eigenvalue weighted by atomic mass is 79.9.